The number of hydrogen-bond acceptors (Lipinski definition) is 5. The zero-order valence-corrected chi connectivity index (χ0v) is 20.4. The molecule has 1 aliphatic heterocycles. The van der Waals surface area contributed by atoms with Gasteiger partial charge in [0.25, 0.3) is 0 Å². The van der Waals surface area contributed by atoms with E-state index in [1.807, 2.05) is 13.8 Å². The molecule has 1 aliphatic rings. The number of nitrogens with zero attached hydrogens (tertiary/aromatic N) is 1. The van der Waals surface area contributed by atoms with Crippen molar-refractivity contribution in [2.45, 2.75) is 84.6 Å². The van der Waals surface area contributed by atoms with Crippen molar-refractivity contribution < 1.29 is 24.2 Å². The largest absolute Gasteiger partial charge is 0.481 e. The van der Waals surface area contributed by atoms with Crippen molar-refractivity contribution in [3.63, 3.8) is 0 Å². The fourth-order valence-electron chi connectivity index (χ4n) is 3.96. The van der Waals surface area contributed by atoms with Crippen LogP contribution in [-0.2, 0) is 19.1 Å². The monoisotopic (exact) mass is 455 g/mol. The van der Waals surface area contributed by atoms with Crippen LogP contribution in [0.2, 0.25) is 0 Å². The highest BCUT2D eigenvalue weighted by Gasteiger charge is 2.28. The molecule has 0 aromatic carbocycles. The minimum Gasteiger partial charge on any atom is -0.481 e. The molecule has 2 atom stereocenters. The summed E-state index contributed by atoms with van der Waals surface area (Å²) >= 11 is 0. The first-order valence-electron chi connectivity index (χ1n) is 12.4. The molecule has 1 rings (SSSR count). The summed E-state index contributed by atoms with van der Waals surface area (Å²) < 4.78 is 5.33. The summed E-state index contributed by atoms with van der Waals surface area (Å²) in [5.74, 6) is -2.23. The third kappa shape index (κ3) is 12.4. The number of carbonyl (C=O) groups excluding carboxylic acids is 2. The Labute approximate surface area is 193 Å². The Morgan fingerprint density at radius 1 is 0.969 bits per heavy atom. The predicted molar refractivity (Wildman–Crippen MR) is 125 cm³/mol. The maximum atomic E-state index is 12.8. The minimum atomic E-state index is -0.982. The lowest BCUT2D eigenvalue weighted by atomic mass is 9.94. The van der Waals surface area contributed by atoms with E-state index in [1.54, 1.807) is 0 Å². The molecule has 0 saturated carbocycles. The van der Waals surface area contributed by atoms with E-state index in [2.05, 4.69) is 22.5 Å². The van der Waals surface area contributed by atoms with Gasteiger partial charge in [0.05, 0.1) is 19.6 Å². The van der Waals surface area contributed by atoms with Gasteiger partial charge in [0.1, 0.15) is 6.04 Å². The molecule has 0 unspecified atom stereocenters. The van der Waals surface area contributed by atoms with Crippen LogP contribution in [0.25, 0.3) is 0 Å². The van der Waals surface area contributed by atoms with Gasteiger partial charge < -0.3 is 20.5 Å². The number of unbranched alkanes of at least 4 members (excludes halogenated alkanes) is 6. The Morgan fingerprint density at radius 2 is 1.59 bits per heavy atom. The summed E-state index contributed by atoms with van der Waals surface area (Å²) in [6.45, 7) is 10.3. The molecule has 1 fully saturated rings. The molecule has 8 heteroatoms. The van der Waals surface area contributed by atoms with Crippen molar-refractivity contribution in [1.29, 1.82) is 0 Å². The summed E-state index contributed by atoms with van der Waals surface area (Å²) in [6.07, 6.45) is 8.14. The number of carboxylic acid groups (broad SMARTS) is 1. The first-order valence-corrected chi connectivity index (χ1v) is 12.4. The SMILES string of the molecule is CCCCCCCCC[C@H](CC(=O)O)C(=O)N[C@@H](C(=O)NCCN1CCOCC1)C(C)C. The van der Waals surface area contributed by atoms with Crippen molar-refractivity contribution in [2.75, 3.05) is 39.4 Å². The normalized spacial score (nSPS) is 16.5. The van der Waals surface area contributed by atoms with Crippen LogP contribution in [0.1, 0.15) is 78.6 Å². The highest BCUT2D eigenvalue weighted by molar-refractivity contribution is 5.90. The van der Waals surface area contributed by atoms with Crippen molar-refractivity contribution in [2.24, 2.45) is 11.8 Å². The van der Waals surface area contributed by atoms with Crippen LogP contribution in [0.3, 0.4) is 0 Å². The molecular weight excluding hydrogens is 410 g/mol. The van der Waals surface area contributed by atoms with E-state index in [1.165, 1.54) is 25.7 Å². The van der Waals surface area contributed by atoms with Crippen LogP contribution in [0.15, 0.2) is 0 Å². The van der Waals surface area contributed by atoms with Gasteiger partial charge in [-0.3, -0.25) is 19.3 Å². The average molecular weight is 456 g/mol. The maximum Gasteiger partial charge on any atom is 0.304 e. The summed E-state index contributed by atoms with van der Waals surface area (Å²) in [4.78, 5) is 39.1. The number of morpholine rings is 1. The zero-order chi connectivity index (χ0) is 23.8. The quantitative estimate of drug-likeness (QED) is 0.291. The van der Waals surface area contributed by atoms with E-state index in [9.17, 15) is 19.5 Å². The molecule has 3 N–H and O–H groups in total. The highest BCUT2D eigenvalue weighted by atomic mass is 16.5. The van der Waals surface area contributed by atoms with Crippen LogP contribution in [0.5, 0.6) is 0 Å². The number of amides is 2. The van der Waals surface area contributed by atoms with E-state index in [4.69, 9.17) is 4.74 Å². The van der Waals surface area contributed by atoms with Crippen molar-refractivity contribution in [1.82, 2.24) is 15.5 Å². The lowest BCUT2D eigenvalue weighted by molar-refractivity contribution is -0.141. The average Bonchev–Trinajstić information content (AvgIpc) is 2.76. The molecule has 8 nitrogen and oxygen atoms in total. The maximum absolute atomic E-state index is 12.8. The topological polar surface area (TPSA) is 108 Å². The summed E-state index contributed by atoms with van der Waals surface area (Å²) in [5, 5.41) is 15.0. The Hall–Kier alpha value is -1.67. The van der Waals surface area contributed by atoms with Gasteiger partial charge in [0, 0.05) is 32.1 Å². The van der Waals surface area contributed by atoms with Gasteiger partial charge in [-0.05, 0) is 12.3 Å². The molecular formula is C24H45N3O5. The number of ether oxygens (including phenoxy) is 1. The lowest BCUT2D eigenvalue weighted by Crippen LogP contribution is -2.52. The van der Waals surface area contributed by atoms with Crippen LogP contribution in [0, 0.1) is 11.8 Å². The van der Waals surface area contributed by atoms with Crippen molar-refractivity contribution in [3.05, 3.63) is 0 Å². The standard InChI is InChI=1S/C24H45N3O5/c1-4-5-6-7-8-9-10-11-20(18-21(28)29)23(30)26-22(19(2)3)24(31)25-12-13-27-14-16-32-17-15-27/h19-20,22H,4-18H2,1-3H3,(H,25,31)(H,26,30)(H,28,29)/t20-,22-/m1/s1. The number of carboxylic acids is 1. The van der Waals surface area contributed by atoms with Crippen molar-refractivity contribution in [3.8, 4) is 0 Å². The fourth-order valence-corrected chi connectivity index (χ4v) is 3.96. The van der Waals surface area contributed by atoms with Crippen LogP contribution >= 0.6 is 0 Å². The van der Waals surface area contributed by atoms with Crippen LogP contribution in [-0.4, -0.2) is 73.2 Å². The third-order valence-corrected chi connectivity index (χ3v) is 6.03. The van der Waals surface area contributed by atoms with Gasteiger partial charge in [-0.25, -0.2) is 0 Å². The van der Waals surface area contributed by atoms with Gasteiger partial charge in [0.15, 0.2) is 0 Å². The molecule has 0 aromatic heterocycles. The van der Waals surface area contributed by atoms with Crippen LogP contribution in [0.4, 0.5) is 0 Å². The molecule has 0 radical (unpaired) electrons. The molecule has 1 saturated heterocycles. The Bertz CT molecular complexity index is 550. The van der Waals surface area contributed by atoms with Gasteiger partial charge in [0.2, 0.25) is 11.8 Å². The van der Waals surface area contributed by atoms with Crippen molar-refractivity contribution >= 4 is 17.8 Å². The van der Waals surface area contributed by atoms with E-state index in [0.29, 0.717) is 26.2 Å². The first-order chi connectivity index (χ1) is 15.3. The number of aliphatic carboxylic acids is 1. The van der Waals surface area contributed by atoms with Gasteiger partial charge in [-0.15, -0.1) is 0 Å². The van der Waals surface area contributed by atoms with E-state index in [-0.39, 0.29) is 24.2 Å². The molecule has 2 amide bonds. The molecule has 186 valence electrons. The van der Waals surface area contributed by atoms with E-state index >= 15 is 0 Å². The Balaban J connectivity index is 2.48. The van der Waals surface area contributed by atoms with Crippen LogP contribution < -0.4 is 10.6 Å². The van der Waals surface area contributed by atoms with Gasteiger partial charge in [-0.1, -0.05) is 65.7 Å². The van der Waals surface area contributed by atoms with E-state index < -0.39 is 17.9 Å². The molecule has 32 heavy (non-hydrogen) atoms. The molecule has 0 aromatic rings. The lowest BCUT2D eigenvalue weighted by Gasteiger charge is -2.28. The molecule has 1 heterocycles. The summed E-state index contributed by atoms with van der Waals surface area (Å²) in [5.41, 5.74) is 0. The smallest absolute Gasteiger partial charge is 0.304 e. The number of rotatable bonds is 17. The first kappa shape index (κ1) is 28.4. The Morgan fingerprint density at radius 3 is 2.19 bits per heavy atom. The zero-order valence-electron chi connectivity index (χ0n) is 20.4. The van der Waals surface area contributed by atoms with E-state index in [0.717, 1.165) is 38.9 Å². The summed E-state index contributed by atoms with van der Waals surface area (Å²) in [7, 11) is 0. The molecule has 0 bridgehead atoms. The molecule has 0 spiro atoms. The summed E-state index contributed by atoms with van der Waals surface area (Å²) in [6, 6.07) is -0.669. The van der Waals surface area contributed by atoms with Gasteiger partial charge >= 0.3 is 5.97 Å². The molecule has 0 aliphatic carbocycles. The minimum absolute atomic E-state index is 0.0913. The second-order valence-corrected chi connectivity index (χ2v) is 9.18. The number of carbonyl (C=O) groups is 3. The second-order valence-electron chi connectivity index (χ2n) is 9.18. The number of nitrogens with one attached hydrogen (secondary N) is 2. The fraction of sp³-hybridized carbons (Fsp3) is 0.875. The Kier molecular flexibility index (Phi) is 15.0. The second kappa shape index (κ2) is 16.9. The number of hydrogen-bond donors (Lipinski definition) is 3. The van der Waals surface area contributed by atoms with Gasteiger partial charge in [-0.2, -0.15) is 0 Å². The highest BCUT2D eigenvalue weighted by Crippen LogP contribution is 2.17. The third-order valence-electron chi connectivity index (χ3n) is 6.03. The predicted octanol–water partition coefficient (Wildman–Crippen LogP) is 2.81.